The monoisotopic (exact) mass is 286 g/mol. The lowest BCUT2D eigenvalue weighted by atomic mass is 9.88. The van der Waals surface area contributed by atoms with Crippen LogP contribution < -0.4 is 5.73 Å². The first-order valence-corrected chi connectivity index (χ1v) is 6.48. The van der Waals surface area contributed by atoms with Crippen LogP contribution >= 0.6 is 0 Å². The van der Waals surface area contributed by atoms with Crippen molar-refractivity contribution in [3.63, 3.8) is 0 Å². The Balaban J connectivity index is 2.19. The summed E-state index contributed by atoms with van der Waals surface area (Å²) >= 11 is 0. The molecule has 6 heteroatoms. The van der Waals surface area contributed by atoms with Gasteiger partial charge in [0.15, 0.2) is 5.78 Å². The summed E-state index contributed by atoms with van der Waals surface area (Å²) in [5.74, 6) is -0.297. The van der Waals surface area contributed by atoms with Crippen molar-refractivity contribution in [3.8, 4) is 0 Å². The van der Waals surface area contributed by atoms with Crippen LogP contribution in [0.2, 0.25) is 0 Å². The Kier molecular flexibility index (Phi) is 4.04. The second kappa shape index (κ2) is 5.44. The molecule has 3 nitrogen and oxygen atoms in total. The molecule has 1 aliphatic rings. The molecule has 1 aliphatic heterocycles. The third kappa shape index (κ3) is 3.12. The topological polar surface area (TPSA) is 46.3 Å². The van der Waals surface area contributed by atoms with E-state index in [2.05, 4.69) is 4.90 Å². The van der Waals surface area contributed by atoms with E-state index in [9.17, 15) is 18.0 Å². The fourth-order valence-corrected chi connectivity index (χ4v) is 2.45. The number of alkyl halides is 3. The minimum absolute atomic E-state index is 0.0937. The average molecular weight is 286 g/mol. The van der Waals surface area contributed by atoms with Gasteiger partial charge in [0, 0.05) is 17.2 Å². The van der Waals surface area contributed by atoms with E-state index in [1.165, 1.54) is 6.07 Å². The summed E-state index contributed by atoms with van der Waals surface area (Å²) in [6, 6.07) is 2.94. The van der Waals surface area contributed by atoms with Crippen LogP contribution in [0.1, 0.15) is 28.8 Å². The van der Waals surface area contributed by atoms with E-state index in [0.29, 0.717) is 0 Å². The van der Waals surface area contributed by atoms with Crippen LogP contribution in [0.3, 0.4) is 0 Å². The van der Waals surface area contributed by atoms with Gasteiger partial charge in [-0.2, -0.15) is 13.2 Å². The lowest BCUT2D eigenvalue weighted by Crippen LogP contribution is -2.33. The summed E-state index contributed by atoms with van der Waals surface area (Å²) in [6.07, 6.45) is -3.01. The van der Waals surface area contributed by atoms with Crippen molar-refractivity contribution in [2.75, 3.05) is 25.9 Å². The summed E-state index contributed by atoms with van der Waals surface area (Å²) in [4.78, 5) is 14.4. The molecule has 0 atom stereocenters. The summed E-state index contributed by atoms with van der Waals surface area (Å²) < 4.78 is 37.7. The fraction of sp³-hybridized carbons (Fsp3) is 0.500. The molecule has 0 spiro atoms. The van der Waals surface area contributed by atoms with E-state index in [4.69, 9.17) is 5.73 Å². The predicted octanol–water partition coefficient (Wildman–Crippen LogP) is 2.81. The first kappa shape index (κ1) is 14.8. The summed E-state index contributed by atoms with van der Waals surface area (Å²) in [6.45, 7) is 1.63. The van der Waals surface area contributed by atoms with Gasteiger partial charge in [0.2, 0.25) is 0 Å². The van der Waals surface area contributed by atoms with E-state index in [1.54, 1.807) is 0 Å². The van der Waals surface area contributed by atoms with Crippen LogP contribution in [-0.4, -0.2) is 30.8 Å². The number of hydrogen-bond donors (Lipinski definition) is 1. The van der Waals surface area contributed by atoms with Gasteiger partial charge in [-0.3, -0.25) is 4.79 Å². The van der Waals surface area contributed by atoms with E-state index in [-0.39, 0.29) is 23.0 Å². The normalized spacial score (nSPS) is 18.2. The van der Waals surface area contributed by atoms with Gasteiger partial charge in [-0.1, -0.05) is 0 Å². The van der Waals surface area contributed by atoms with Crippen LogP contribution in [0.5, 0.6) is 0 Å². The first-order chi connectivity index (χ1) is 9.29. The molecule has 110 valence electrons. The molecule has 0 amide bonds. The van der Waals surface area contributed by atoms with Crippen molar-refractivity contribution >= 4 is 11.5 Å². The van der Waals surface area contributed by atoms with Crippen LogP contribution in [0, 0.1) is 5.92 Å². The molecule has 0 aromatic heterocycles. The maximum Gasteiger partial charge on any atom is 0.416 e. The molecule has 0 bridgehead atoms. The second-order valence-electron chi connectivity index (χ2n) is 5.24. The minimum Gasteiger partial charge on any atom is -0.398 e. The third-order valence-electron chi connectivity index (χ3n) is 3.73. The standard InChI is InChI=1S/C14H17F3N2O/c1-19-6-4-9(5-7-19)13(20)11-3-2-10(8-12(11)18)14(15,16)17/h2-3,8-9H,4-7,18H2,1H3. The molecule has 1 aromatic carbocycles. The van der Waals surface area contributed by atoms with Crippen molar-refractivity contribution in [1.82, 2.24) is 4.90 Å². The van der Waals surface area contributed by atoms with Crippen molar-refractivity contribution in [2.45, 2.75) is 19.0 Å². The van der Waals surface area contributed by atoms with Gasteiger partial charge in [0.05, 0.1) is 5.56 Å². The van der Waals surface area contributed by atoms with E-state index < -0.39 is 11.7 Å². The van der Waals surface area contributed by atoms with Crippen LogP contribution in [0.4, 0.5) is 18.9 Å². The van der Waals surface area contributed by atoms with Gasteiger partial charge in [-0.05, 0) is 51.2 Å². The van der Waals surface area contributed by atoms with Crippen LogP contribution in [-0.2, 0) is 6.18 Å². The molecule has 1 saturated heterocycles. The molecule has 0 saturated carbocycles. The van der Waals surface area contributed by atoms with Crippen molar-refractivity contribution in [3.05, 3.63) is 29.3 Å². The summed E-state index contributed by atoms with van der Waals surface area (Å²) in [5.41, 5.74) is 4.91. The lowest BCUT2D eigenvalue weighted by Gasteiger charge is -2.28. The third-order valence-corrected chi connectivity index (χ3v) is 3.73. The minimum atomic E-state index is -4.44. The SMILES string of the molecule is CN1CCC(C(=O)c2ccc(C(F)(F)F)cc2N)CC1. The zero-order valence-electron chi connectivity index (χ0n) is 11.2. The number of carbonyl (C=O) groups is 1. The van der Waals surface area contributed by atoms with Gasteiger partial charge >= 0.3 is 6.18 Å². The average Bonchev–Trinajstić information content (AvgIpc) is 2.37. The molecular weight excluding hydrogens is 269 g/mol. The first-order valence-electron chi connectivity index (χ1n) is 6.48. The Morgan fingerprint density at radius 2 is 1.90 bits per heavy atom. The Hall–Kier alpha value is -1.56. The zero-order valence-corrected chi connectivity index (χ0v) is 11.2. The highest BCUT2D eigenvalue weighted by Gasteiger charge is 2.32. The Bertz CT molecular complexity index is 506. The largest absolute Gasteiger partial charge is 0.416 e. The molecule has 1 heterocycles. The molecule has 20 heavy (non-hydrogen) atoms. The molecule has 0 aliphatic carbocycles. The number of likely N-dealkylation sites (tertiary alicyclic amines) is 1. The van der Waals surface area contributed by atoms with Crippen molar-refractivity contribution in [1.29, 1.82) is 0 Å². The van der Waals surface area contributed by atoms with E-state index in [0.717, 1.165) is 38.1 Å². The number of carbonyl (C=O) groups excluding carboxylic acids is 1. The number of nitrogen functional groups attached to an aromatic ring is 1. The lowest BCUT2D eigenvalue weighted by molar-refractivity contribution is -0.137. The number of ketones is 1. The Labute approximate surface area is 115 Å². The van der Waals surface area contributed by atoms with Crippen LogP contribution in [0.25, 0.3) is 0 Å². The van der Waals surface area contributed by atoms with Gasteiger partial charge in [-0.15, -0.1) is 0 Å². The van der Waals surface area contributed by atoms with Crippen LogP contribution in [0.15, 0.2) is 18.2 Å². The summed E-state index contributed by atoms with van der Waals surface area (Å²) in [7, 11) is 1.98. The van der Waals surface area contributed by atoms with Gasteiger partial charge in [0.1, 0.15) is 0 Å². The fourth-order valence-electron chi connectivity index (χ4n) is 2.45. The number of nitrogens with zero attached hydrogens (tertiary/aromatic N) is 1. The van der Waals surface area contributed by atoms with E-state index >= 15 is 0 Å². The Morgan fingerprint density at radius 3 is 2.40 bits per heavy atom. The molecule has 1 fully saturated rings. The number of halogens is 3. The molecule has 2 N–H and O–H groups in total. The van der Waals surface area contributed by atoms with Gasteiger partial charge in [0.25, 0.3) is 0 Å². The van der Waals surface area contributed by atoms with Gasteiger partial charge < -0.3 is 10.6 Å². The number of hydrogen-bond acceptors (Lipinski definition) is 3. The second-order valence-corrected chi connectivity index (χ2v) is 5.24. The van der Waals surface area contributed by atoms with Crippen molar-refractivity contribution < 1.29 is 18.0 Å². The number of nitrogens with two attached hydrogens (primary N) is 1. The maximum absolute atomic E-state index is 12.6. The molecule has 0 radical (unpaired) electrons. The van der Waals surface area contributed by atoms with Gasteiger partial charge in [-0.25, -0.2) is 0 Å². The number of piperidine rings is 1. The molecule has 1 aromatic rings. The number of Topliss-reactive ketones (excluding diaryl/α,β-unsaturated/α-hetero) is 1. The quantitative estimate of drug-likeness (QED) is 0.671. The highest BCUT2D eigenvalue weighted by Crippen LogP contribution is 2.32. The zero-order chi connectivity index (χ0) is 14.9. The number of rotatable bonds is 2. The molecule has 2 rings (SSSR count). The number of anilines is 1. The maximum atomic E-state index is 12.6. The molecule has 0 unspecified atom stereocenters. The smallest absolute Gasteiger partial charge is 0.398 e. The predicted molar refractivity (Wildman–Crippen MR) is 70.4 cm³/mol. The van der Waals surface area contributed by atoms with E-state index in [1.807, 2.05) is 7.05 Å². The molecular formula is C14H17F3N2O. The van der Waals surface area contributed by atoms with Crippen molar-refractivity contribution in [2.24, 2.45) is 5.92 Å². The summed E-state index contributed by atoms with van der Waals surface area (Å²) in [5, 5.41) is 0. The Morgan fingerprint density at radius 1 is 1.30 bits per heavy atom. The highest BCUT2D eigenvalue weighted by atomic mass is 19.4. The number of benzene rings is 1. The highest BCUT2D eigenvalue weighted by molar-refractivity contribution is 6.02.